The topological polar surface area (TPSA) is 47.0 Å². The number of aromatic nitrogens is 2. The van der Waals surface area contributed by atoms with E-state index in [0.717, 1.165) is 33.8 Å². The Kier molecular flexibility index (Phi) is 3.16. The van der Waals surface area contributed by atoms with Gasteiger partial charge in [-0.2, -0.15) is 0 Å². The van der Waals surface area contributed by atoms with Crippen molar-refractivity contribution in [1.82, 2.24) is 9.97 Å². The number of thiophene rings is 1. The SMILES string of the molecule is Clc1nc(NC2CCOc3ccccc32)c2ccsc2n1. The highest BCUT2D eigenvalue weighted by Gasteiger charge is 2.22. The van der Waals surface area contributed by atoms with Gasteiger partial charge >= 0.3 is 0 Å². The molecule has 21 heavy (non-hydrogen) atoms. The fraction of sp³-hybridized carbons (Fsp3) is 0.200. The molecule has 1 aromatic carbocycles. The van der Waals surface area contributed by atoms with E-state index in [1.54, 1.807) is 11.3 Å². The van der Waals surface area contributed by atoms with Crippen LogP contribution < -0.4 is 10.1 Å². The summed E-state index contributed by atoms with van der Waals surface area (Å²) >= 11 is 7.58. The molecule has 0 fully saturated rings. The summed E-state index contributed by atoms with van der Waals surface area (Å²) in [5.41, 5.74) is 1.15. The molecule has 1 unspecified atom stereocenters. The highest BCUT2D eigenvalue weighted by atomic mass is 35.5. The molecule has 0 radical (unpaired) electrons. The van der Waals surface area contributed by atoms with E-state index in [1.165, 1.54) is 0 Å². The molecule has 1 N–H and O–H groups in total. The van der Waals surface area contributed by atoms with Gasteiger partial charge in [-0.15, -0.1) is 11.3 Å². The monoisotopic (exact) mass is 317 g/mol. The summed E-state index contributed by atoms with van der Waals surface area (Å²) in [4.78, 5) is 9.49. The third-order valence-electron chi connectivity index (χ3n) is 3.57. The highest BCUT2D eigenvalue weighted by Crippen LogP contribution is 2.36. The van der Waals surface area contributed by atoms with Gasteiger partial charge in [0.25, 0.3) is 0 Å². The number of para-hydroxylation sites is 1. The first kappa shape index (κ1) is 12.9. The van der Waals surface area contributed by atoms with Crippen molar-refractivity contribution < 1.29 is 4.74 Å². The third kappa shape index (κ3) is 2.32. The number of nitrogens with zero attached hydrogens (tertiary/aromatic N) is 2. The normalized spacial score (nSPS) is 17.3. The van der Waals surface area contributed by atoms with E-state index in [0.29, 0.717) is 6.61 Å². The van der Waals surface area contributed by atoms with Crippen molar-refractivity contribution in [1.29, 1.82) is 0 Å². The highest BCUT2D eigenvalue weighted by molar-refractivity contribution is 7.16. The van der Waals surface area contributed by atoms with E-state index in [-0.39, 0.29) is 11.3 Å². The Morgan fingerprint density at radius 1 is 1.24 bits per heavy atom. The molecule has 1 aliphatic rings. The molecule has 106 valence electrons. The van der Waals surface area contributed by atoms with Gasteiger partial charge in [0.15, 0.2) is 0 Å². The standard InChI is InChI=1S/C15H12ClN3OS/c16-15-18-13(10-6-8-21-14(10)19-15)17-11-5-7-20-12-4-2-1-3-9(11)12/h1-4,6,8,11H,5,7H2,(H,17,18,19). The predicted molar refractivity (Wildman–Crippen MR) is 85.3 cm³/mol. The van der Waals surface area contributed by atoms with Crippen LogP contribution in [-0.4, -0.2) is 16.6 Å². The number of nitrogens with one attached hydrogen (secondary N) is 1. The molecule has 0 bridgehead atoms. The van der Waals surface area contributed by atoms with Gasteiger partial charge < -0.3 is 10.1 Å². The Labute approximate surface area is 130 Å². The maximum Gasteiger partial charge on any atom is 0.225 e. The average Bonchev–Trinajstić information content (AvgIpc) is 2.96. The number of hydrogen-bond acceptors (Lipinski definition) is 5. The number of anilines is 1. The quantitative estimate of drug-likeness (QED) is 0.717. The molecular formula is C15H12ClN3OS. The van der Waals surface area contributed by atoms with Crippen LogP contribution in [0, 0.1) is 0 Å². The summed E-state index contributed by atoms with van der Waals surface area (Å²) in [5, 5.41) is 6.78. The smallest absolute Gasteiger partial charge is 0.225 e. The van der Waals surface area contributed by atoms with Crippen LogP contribution in [-0.2, 0) is 0 Å². The first-order valence-electron chi connectivity index (χ1n) is 6.70. The second kappa shape index (κ2) is 5.16. The summed E-state index contributed by atoms with van der Waals surface area (Å²) < 4.78 is 5.69. The van der Waals surface area contributed by atoms with Gasteiger partial charge in [-0.3, -0.25) is 0 Å². The molecule has 4 nitrogen and oxygen atoms in total. The summed E-state index contributed by atoms with van der Waals surface area (Å²) in [6.07, 6.45) is 0.893. The molecule has 3 aromatic rings. The average molecular weight is 318 g/mol. The maximum absolute atomic E-state index is 6.02. The minimum absolute atomic E-state index is 0.170. The van der Waals surface area contributed by atoms with Gasteiger partial charge in [-0.05, 0) is 29.1 Å². The third-order valence-corrected chi connectivity index (χ3v) is 4.54. The summed E-state index contributed by atoms with van der Waals surface area (Å²) in [5.74, 6) is 1.72. The zero-order valence-electron chi connectivity index (χ0n) is 11.0. The van der Waals surface area contributed by atoms with Crippen molar-refractivity contribution in [3.05, 3.63) is 46.6 Å². The summed E-state index contributed by atoms with van der Waals surface area (Å²) in [7, 11) is 0. The molecular weight excluding hydrogens is 306 g/mol. The lowest BCUT2D eigenvalue weighted by Crippen LogP contribution is -2.20. The Bertz CT molecular complexity index is 804. The second-order valence-corrected chi connectivity index (χ2v) is 6.09. The molecule has 0 spiro atoms. The van der Waals surface area contributed by atoms with E-state index in [1.807, 2.05) is 29.6 Å². The van der Waals surface area contributed by atoms with Gasteiger partial charge in [-0.1, -0.05) is 18.2 Å². The number of halogens is 1. The van der Waals surface area contributed by atoms with Crippen LogP contribution in [0.5, 0.6) is 5.75 Å². The van der Waals surface area contributed by atoms with E-state index < -0.39 is 0 Å². The first-order chi connectivity index (χ1) is 10.3. The molecule has 0 saturated carbocycles. The lowest BCUT2D eigenvalue weighted by atomic mass is 10.0. The van der Waals surface area contributed by atoms with Crippen LogP contribution in [0.3, 0.4) is 0 Å². The van der Waals surface area contributed by atoms with Crippen LogP contribution in [0.15, 0.2) is 35.7 Å². The van der Waals surface area contributed by atoms with Crippen LogP contribution in [0.4, 0.5) is 5.82 Å². The Morgan fingerprint density at radius 3 is 3.10 bits per heavy atom. The van der Waals surface area contributed by atoms with Crippen molar-refractivity contribution in [3.63, 3.8) is 0 Å². The zero-order valence-corrected chi connectivity index (χ0v) is 12.6. The number of fused-ring (bicyclic) bond motifs is 2. The van der Waals surface area contributed by atoms with E-state index in [4.69, 9.17) is 16.3 Å². The van der Waals surface area contributed by atoms with Crippen LogP contribution in [0.25, 0.3) is 10.2 Å². The molecule has 0 amide bonds. The molecule has 4 rings (SSSR count). The maximum atomic E-state index is 6.02. The lowest BCUT2D eigenvalue weighted by Gasteiger charge is -2.27. The largest absolute Gasteiger partial charge is 0.493 e. The fourth-order valence-electron chi connectivity index (χ4n) is 2.60. The minimum atomic E-state index is 0.170. The van der Waals surface area contributed by atoms with Crippen LogP contribution in [0.1, 0.15) is 18.0 Å². The van der Waals surface area contributed by atoms with Crippen molar-refractivity contribution in [2.45, 2.75) is 12.5 Å². The van der Waals surface area contributed by atoms with Crippen molar-refractivity contribution in [2.24, 2.45) is 0 Å². The lowest BCUT2D eigenvalue weighted by molar-refractivity contribution is 0.274. The van der Waals surface area contributed by atoms with Crippen molar-refractivity contribution in [2.75, 3.05) is 11.9 Å². The zero-order chi connectivity index (χ0) is 14.2. The molecule has 2 aromatic heterocycles. The Balaban J connectivity index is 1.74. The molecule has 6 heteroatoms. The molecule has 3 heterocycles. The van der Waals surface area contributed by atoms with E-state index >= 15 is 0 Å². The number of ether oxygens (including phenoxy) is 1. The predicted octanol–water partition coefficient (Wildman–Crippen LogP) is 4.28. The number of hydrogen-bond donors (Lipinski definition) is 1. The van der Waals surface area contributed by atoms with Gasteiger partial charge in [0.1, 0.15) is 16.4 Å². The van der Waals surface area contributed by atoms with Gasteiger partial charge in [0.2, 0.25) is 5.28 Å². The van der Waals surface area contributed by atoms with E-state index in [9.17, 15) is 0 Å². The van der Waals surface area contributed by atoms with Crippen LogP contribution in [0.2, 0.25) is 5.28 Å². The molecule has 1 atom stereocenters. The van der Waals surface area contributed by atoms with Crippen molar-refractivity contribution in [3.8, 4) is 5.75 Å². The molecule has 0 aliphatic carbocycles. The minimum Gasteiger partial charge on any atom is -0.493 e. The van der Waals surface area contributed by atoms with Gasteiger partial charge in [0.05, 0.1) is 18.0 Å². The molecule has 0 saturated heterocycles. The number of benzene rings is 1. The summed E-state index contributed by atoms with van der Waals surface area (Å²) in [6, 6.07) is 10.3. The Hall–Kier alpha value is -1.85. The summed E-state index contributed by atoms with van der Waals surface area (Å²) in [6.45, 7) is 0.695. The molecule has 1 aliphatic heterocycles. The first-order valence-corrected chi connectivity index (χ1v) is 7.96. The fourth-order valence-corrected chi connectivity index (χ4v) is 3.58. The van der Waals surface area contributed by atoms with E-state index in [2.05, 4.69) is 21.4 Å². The number of rotatable bonds is 2. The van der Waals surface area contributed by atoms with Crippen LogP contribution >= 0.6 is 22.9 Å². The Morgan fingerprint density at radius 2 is 2.14 bits per heavy atom. The van der Waals surface area contributed by atoms with Crippen molar-refractivity contribution >= 4 is 39.0 Å². The van der Waals surface area contributed by atoms with Gasteiger partial charge in [0, 0.05) is 12.0 Å². The second-order valence-electron chi connectivity index (χ2n) is 4.85. The van der Waals surface area contributed by atoms with Gasteiger partial charge in [-0.25, -0.2) is 9.97 Å².